The molecule has 2 rings (SSSR count). The second-order valence-electron chi connectivity index (χ2n) is 4.54. The Kier molecular flexibility index (Phi) is 4.85. The smallest absolute Gasteiger partial charge is 0.327 e. The Labute approximate surface area is 124 Å². The first-order valence-electron chi connectivity index (χ1n) is 6.46. The molecule has 0 fully saturated rings. The zero-order chi connectivity index (χ0) is 15.4. The maximum Gasteiger partial charge on any atom is 0.327 e. The first kappa shape index (κ1) is 15.4. The number of hydrogen-bond donors (Lipinski definition) is 1. The van der Waals surface area contributed by atoms with Gasteiger partial charge in [0.05, 0.1) is 11.0 Å². The third kappa shape index (κ3) is 3.55. The summed E-state index contributed by atoms with van der Waals surface area (Å²) in [6, 6.07) is 5.01. The van der Waals surface area contributed by atoms with Crippen molar-refractivity contribution >= 4 is 22.7 Å². The van der Waals surface area contributed by atoms with Gasteiger partial charge in [-0.15, -0.1) is 11.3 Å². The van der Waals surface area contributed by atoms with Crippen LogP contribution in [0.4, 0.5) is 20.2 Å². The first-order valence-corrected chi connectivity index (χ1v) is 7.34. The summed E-state index contributed by atoms with van der Waals surface area (Å²) in [5.41, 5.74) is -0.863. The van der Waals surface area contributed by atoms with Crippen LogP contribution in [0.15, 0.2) is 29.6 Å². The van der Waals surface area contributed by atoms with Crippen LogP contribution in [0.25, 0.3) is 0 Å². The van der Waals surface area contributed by atoms with Gasteiger partial charge in [0.2, 0.25) is 5.82 Å². The summed E-state index contributed by atoms with van der Waals surface area (Å²) in [6.45, 7) is 1.98. The molecule has 1 aromatic carbocycles. The molecule has 1 atom stereocenters. The summed E-state index contributed by atoms with van der Waals surface area (Å²) in [4.78, 5) is 11.1. The molecule has 0 aliphatic carbocycles. The van der Waals surface area contributed by atoms with Crippen LogP contribution in [0.5, 0.6) is 0 Å². The maximum atomic E-state index is 13.6. The molecular formula is C14H14F2N2O2S. The minimum atomic E-state index is -1.18. The van der Waals surface area contributed by atoms with E-state index in [1.807, 2.05) is 24.4 Å². The van der Waals surface area contributed by atoms with Gasteiger partial charge in [0, 0.05) is 17.0 Å². The highest BCUT2D eigenvalue weighted by Gasteiger charge is 2.24. The standard InChI is InChI=1S/C14H14F2N2O2S/c1-2-4-11(13-5-3-6-21-13)17-12-8-9(15)7-10(16)14(12)18(19)20/h3,5-8,11,17H,2,4H2,1H3. The van der Waals surface area contributed by atoms with Crippen LogP contribution >= 0.6 is 11.3 Å². The maximum absolute atomic E-state index is 13.6. The fourth-order valence-electron chi connectivity index (χ4n) is 2.11. The molecule has 21 heavy (non-hydrogen) atoms. The van der Waals surface area contributed by atoms with Crippen molar-refractivity contribution < 1.29 is 13.7 Å². The van der Waals surface area contributed by atoms with Gasteiger partial charge in [-0.3, -0.25) is 10.1 Å². The molecule has 112 valence electrons. The minimum absolute atomic E-state index is 0.135. The topological polar surface area (TPSA) is 55.2 Å². The number of halogens is 2. The van der Waals surface area contributed by atoms with Gasteiger partial charge >= 0.3 is 5.69 Å². The van der Waals surface area contributed by atoms with Gasteiger partial charge in [0.15, 0.2) is 0 Å². The lowest BCUT2D eigenvalue weighted by Gasteiger charge is -2.18. The lowest BCUT2D eigenvalue weighted by Crippen LogP contribution is -2.11. The average molecular weight is 312 g/mol. The number of nitrogens with one attached hydrogen (secondary N) is 1. The molecule has 0 saturated carbocycles. The number of nitro groups is 1. The highest BCUT2D eigenvalue weighted by molar-refractivity contribution is 7.10. The Hall–Kier alpha value is -2.02. The molecule has 1 heterocycles. The Balaban J connectivity index is 2.38. The molecule has 1 aromatic heterocycles. The molecule has 1 unspecified atom stereocenters. The number of nitro benzene ring substituents is 1. The molecule has 4 nitrogen and oxygen atoms in total. The third-order valence-corrected chi connectivity index (χ3v) is 3.99. The van der Waals surface area contributed by atoms with Gasteiger partial charge in [0.25, 0.3) is 0 Å². The fraction of sp³-hybridized carbons (Fsp3) is 0.286. The van der Waals surface area contributed by atoms with Crippen molar-refractivity contribution in [2.75, 3.05) is 5.32 Å². The molecule has 0 aliphatic heterocycles. The van der Waals surface area contributed by atoms with E-state index >= 15 is 0 Å². The zero-order valence-corrected chi connectivity index (χ0v) is 12.1. The van der Waals surface area contributed by atoms with Crippen molar-refractivity contribution in [2.45, 2.75) is 25.8 Å². The van der Waals surface area contributed by atoms with Crippen LogP contribution in [-0.2, 0) is 0 Å². The number of anilines is 1. The molecule has 2 aromatic rings. The lowest BCUT2D eigenvalue weighted by atomic mass is 10.1. The molecule has 1 N–H and O–H groups in total. The van der Waals surface area contributed by atoms with E-state index in [2.05, 4.69) is 5.32 Å². The van der Waals surface area contributed by atoms with Gasteiger partial charge in [-0.05, 0) is 17.9 Å². The van der Waals surface area contributed by atoms with Gasteiger partial charge in [0.1, 0.15) is 11.5 Å². The van der Waals surface area contributed by atoms with Crippen molar-refractivity contribution in [1.29, 1.82) is 0 Å². The minimum Gasteiger partial charge on any atom is -0.372 e. The van der Waals surface area contributed by atoms with Crippen LogP contribution < -0.4 is 5.32 Å². The molecule has 0 saturated heterocycles. The summed E-state index contributed by atoms with van der Waals surface area (Å²) in [5, 5.41) is 15.8. The number of nitrogens with zero attached hydrogens (tertiary/aromatic N) is 1. The van der Waals surface area contributed by atoms with Crippen molar-refractivity contribution in [3.05, 3.63) is 56.3 Å². The van der Waals surface area contributed by atoms with Gasteiger partial charge in [-0.25, -0.2) is 4.39 Å². The second kappa shape index (κ2) is 6.62. The van der Waals surface area contributed by atoms with Crippen molar-refractivity contribution in [2.24, 2.45) is 0 Å². The van der Waals surface area contributed by atoms with Crippen LogP contribution in [0.3, 0.4) is 0 Å². The van der Waals surface area contributed by atoms with E-state index in [1.54, 1.807) is 0 Å². The summed E-state index contributed by atoms with van der Waals surface area (Å²) in [6.07, 6.45) is 1.54. The molecule has 7 heteroatoms. The van der Waals surface area contributed by atoms with Crippen LogP contribution in [-0.4, -0.2) is 4.92 Å². The van der Waals surface area contributed by atoms with Gasteiger partial charge in [-0.1, -0.05) is 19.4 Å². The predicted molar refractivity (Wildman–Crippen MR) is 78.6 cm³/mol. The van der Waals surface area contributed by atoms with Crippen LogP contribution in [0.1, 0.15) is 30.7 Å². The van der Waals surface area contributed by atoms with Crippen LogP contribution in [0, 0.1) is 21.7 Å². The SMILES string of the molecule is CCCC(Nc1cc(F)cc(F)c1[N+](=O)[O-])c1cccs1. The predicted octanol–water partition coefficient (Wildman–Crippen LogP) is 4.89. The fourth-order valence-corrected chi connectivity index (χ4v) is 2.93. The van der Waals surface area contributed by atoms with Crippen molar-refractivity contribution in [3.8, 4) is 0 Å². The molecular weight excluding hydrogens is 298 g/mol. The van der Waals surface area contributed by atoms with E-state index in [1.165, 1.54) is 11.3 Å². The molecule has 0 aliphatic rings. The van der Waals surface area contributed by atoms with E-state index in [-0.39, 0.29) is 11.7 Å². The van der Waals surface area contributed by atoms with Gasteiger partial charge < -0.3 is 5.32 Å². The molecule has 0 amide bonds. The number of thiophene rings is 1. The first-order chi connectivity index (χ1) is 10.0. The Bertz CT molecular complexity index is 632. The Morgan fingerprint density at radius 3 is 2.76 bits per heavy atom. The third-order valence-electron chi connectivity index (χ3n) is 3.00. The van der Waals surface area contributed by atoms with E-state index in [4.69, 9.17) is 0 Å². The summed E-state index contributed by atoms with van der Waals surface area (Å²) < 4.78 is 27.0. The highest BCUT2D eigenvalue weighted by Crippen LogP contribution is 2.34. The van der Waals surface area contributed by atoms with E-state index in [9.17, 15) is 18.9 Å². The highest BCUT2D eigenvalue weighted by atomic mass is 32.1. The Morgan fingerprint density at radius 1 is 1.43 bits per heavy atom. The second-order valence-corrected chi connectivity index (χ2v) is 5.52. The van der Waals surface area contributed by atoms with E-state index < -0.39 is 22.2 Å². The van der Waals surface area contributed by atoms with E-state index in [0.29, 0.717) is 12.5 Å². The summed E-state index contributed by atoms with van der Waals surface area (Å²) >= 11 is 1.49. The number of rotatable bonds is 6. The average Bonchev–Trinajstić information content (AvgIpc) is 2.90. The molecule has 0 bridgehead atoms. The normalized spacial score (nSPS) is 12.1. The van der Waals surface area contributed by atoms with Crippen LogP contribution in [0.2, 0.25) is 0 Å². The molecule has 0 radical (unpaired) electrons. The quantitative estimate of drug-likeness (QED) is 0.610. The number of benzene rings is 1. The lowest BCUT2D eigenvalue weighted by molar-refractivity contribution is -0.386. The van der Waals surface area contributed by atoms with Crippen molar-refractivity contribution in [1.82, 2.24) is 0 Å². The molecule has 0 spiro atoms. The van der Waals surface area contributed by atoms with Crippen molar-refractivity contribution in [3.63, 3.8) is 0 Å². The summed E-state index contributed by atoms with van der Waals surface area (Å²) in [5.74, 6) is -2.02. The summed E-state index contributed by atoms with van der Waals surface area (Å²) in [7, 11) is 0. The monoisotopic (exact) mass is 312 g/mol. The zero-order valence-electron chi connectivity index (χ0n) is 11.3. The van der Waals surface area contributed by atoms with E-state index in [0.717, 1.165) is 17.4 Å². The largest absolute Gasteiger partial charge is 0.372 e. The Morgan fingerprint density at radius 2 is 2.19 bits per heavy atom. The number of hydrogen-bond acceptors (Lipinski definition) is 4. The van der Waals surface area contributed by atoms with Gasteiger partial charge in [-0.2, -0.15) is 4.39 Å².